The van der Waals surface area contributed by atoms with Crippen molar-refractivity contribution in [3.05, 3.63) is 58.1 Å². The molecule has 0 N–H and O–H groups in total. The summed E-state index contributed by atoms with van der Waals surface area (Å²) in [6, 6.07) is 1.80. The van der Waals surface area contributed by atoms with Crippen molar-refractivity contribution < 1.29 is 35.1 Å². The zero-order valence-corrected chi connectivity index (χ0v) is 13.7. The van der Waals surface area contributed by atoms with E-state index in [4.69, 9.17) is 23.2 Å². The molecule has 2 nitrogen and oxygen atoms in total. The molecule has 0 aromatic carbocycles. The minimum atomic E-state index is -6.52. The summed E-state index contributed by atoms with van der Waals surface area (Å²) < 4.78 is 112. The van der Waals surface area contributed by atoms with Crippen molar-refractivity contribution in [3.8, 4) is 0 Å². The van der Waals surface area contributed by atoms with Crippen molar-refractivity contribution in [1.82, 2.24) is 9.97 Å². The predicted octanol–water partition coefficient (Wildman–Crippen LogP) is 5.94. The zero-order valence-electron chi connectivity index (χ0n) is 12.1. The van der Waals surface area contributed by atoms with E-state index >= 15 is 0 Å². The van der Waals surface area contributed by atoms with Gasteiger partial charge in [0.2, 0.25) is 0 Å². The van der Waals surface area contributed by atoms with Gasteiger partial charge in [0.05, 0.1) is 10.0 Å². The van der Waals surface area contributed by atoms with Crippen LogP contribution in [0.5, 0.6) is 0 Å². The lowest BCUT2D eigenvalue weighted by Crippen LogP contribution is -2.60. The first kappa shape index (κ1) is 20.6. The molecular weight excluding hydrogens is 419 g/mol. The quantitative estimate of drug-likeness (QED) is 0.555. The molecule has 12 heteroatoms. The van der Waals surface area contributed by atoms with Crippen LogP contribution in [0.1, 0.15) is 11.4 Å². The lowest BCUT2D eigenvalue weighted by Gasteiger charge is -2.36. The first-order chi connectivity index (χ1) is 11.7. The van der Waals surface area contributed by atoms with Crippen LogP contribution >= 0.6 is 23.2 Å². The standard InChI is InChI=1S/C14H6Cl2F8N2/c15-7-1-3-9(25-5-7)11(17,18)13(21,22)14(23,24)12(19,20)10-4-2-8(16)6-26-10/h1-6H. The van der Waals surface area contributed by atoms with Gasteiger partial charge in [0.1, 0.15) is 11.4 Å². The van der Waals surface area contributed by atoms with E-state index in [1.54, 1.807) is 0 Å². The Balaban J connectivity index is 2.53. The maximum atomic E-state index is 14.0. The summed E-state index contributed by atoms with van der Waals surface area (Å²) in [5, 5.41) is -0.509. The summed E-state index contributed by atoms with van der Waals surface area (Å²) in [5.41, 5.74) is -3.71. The first-order valence-electron chi connectivity index (χ1n) is 6.50. The Hall–Kier alpha value is -1.68. The molecule has 0 saturated carbocycles. The van der Waals surface area contributed by atoms with Gasteiger partial charge in [-0.2, -0.15) is 35.1 Å². The van der Waals surface area contributed by atoms with Crippen LogP contribution in [0.4, 0.5) is 35.1 Å². The number of hydrogen-bond acceptors (Lipinski definition) is 2. The SMILES string of the molecule is FC(F)(c1ccc(Cl)cn1)C(F)(F)C(F)(F)C(F)(F)c1ccc(Cl)cn1. The van der Waals surface area contributed by atoms with E-state index in [1.165, 1.54) is 0 Å². The number of pyridine rings is 2. The molecule has 0 saturated heterocycles. The fourth-order valence-electron chi connectivity index (χ4n) is 1.84. The van der Waals surface area contributed by atoms with Crippen LogP contribution in [0.3, 0.4) is 0 Å². The minimum Gasteiger partial charge on any atom is -0.253 e. The van der Waals surface area contributed by atoms with Crippen LogP contribution in [0.2, 0.25) is 10.0 Å². The minimum absolute atomic E-state index is 0.227. The average Bonchev–Trinajstić information content (AvgIpc) is 2.55. The number of alkyl halides is 8. The monoisotopic (exact) mass is 424 g/mol. The van der Waals surface area contributed by atoms with Crippen LogP contribution in [-0.4, -0.2) is 21.8 Å². The molecule has 2 heterocycles. The van der Waals surface area contributed by atoms with Gasteiger partial charge >= 0.3 is 23.7 Å². The van der Waals surface area contributed by atoms with Gasteiger partial charge in [-0.25, -0.2) is 0 Å². The Labute approximate surface area is 150 Å². The second kappa shape index (κ2) is 6.49. The highest BCUT2D eigenvalue weighted by Gasteiger charge is 2.82. The summed E-state index contributed by atoms with van der Waals surface area (Å²) in [7, 11) is 0. The molecule has 0 atom stereocenters. The lowest BCUT2D eigenvalue weighted by molar-refractivity contribution is -0.376. The van der Waals surface area contributed by atoms with Gasteiger partial charge in [0, 0.05) is 12.4 Å². The maximum Gasteiger partial charge on any atom is 0.384 e. The lowest BCUT2D eigenvalue weighted by atomic mass is 9.94. The molecule has 0 aliphatic rings. The van der Waals surface area contributed by atoms with Crippen molar-refractivity contribution in [2.75, 3.05) is 0 Å². The van der Waals surface area contributed by atoms with E-state index in [0.717, 1.165) is 0 Å². The van der Waals surface area contributed by atoms with E-state index in [2.05, 4.69) is 9.97 Å². The highest BCUT2D eigenvalue weighted by molar-refractivity contribution is 6.30. The molecule has 0 spiro atoms. The van der Waals surface area contributed by atoms with Crippen LogP contribution in [-0.2, 0) is 11.8 Å². The fourth-order valence-corrected chi connectivity index (χ4v) is 2.06. The van der Waals surface area contributed by atoms with Crippen molar-refractivity contribution >= 4 is 23.2 Å². The summed E-state index contributed by atoms with van der Waals surface area (Å²) in [6.07, 6.45) is 0.968. The average molecular weight is 425 g/mol. The van der Waals surface area contributed by atoms with Crippen molar-refractivity contribution in [1.29, 1.82) is 0 Å². The van der Waals surface area contributed by atoms with Gasteiger partial charge in [-0.05, 0) is 24.3 Å². The molecule has 0 amide bonds. The van der Waals surface area contributed by atoms with Crippen LogP contribution in [0.25, 0.3) is 0 Å². The molecule has 0 unspecified atom stereocenters. The Kier molecular flexibility index (Phi) is 5.15. The largest absolute Gasteiger partial charge is 0.384 e. The second-order valence-electron chi connectivity index (χ2n) is 5.02. The highest BCUT2D eigenvalue weighted by Crippen LogP contribution is 2.58. The van der Waals surface area contributed by atoms with Gasteiger partial charge < -0.3 is 0 Å². The number of nitrogens with zero attached hydrogens (tertiary/aromatic N) is 2. The third kappa shape index (κ3) is 3.09. The third-order valence-corrected chi connectivity index (χ3v) is 3.73. The van der Waals surface area contributed by atoms with Crippen molar-refractivity contribution in [2.45, 2.75) is 23.7 Å². The number of halogens is 10. The smallest absolute Gasteiger partial charge is 0.253 e. The summed E-state index contributed by atoms with van der Waals surface area (Å²) in [6.45, 7) is 0. The molecule has 26 heavy (non-hydrogen) atoms. The summed E-state index contributed by atoms with van der Waals surface area (Å²) in [5.74, 6) is -24.5. The van der Waals surface area contributed by atoms with Crippen LogP contribution in [0, 0.1) is 0 Å². The molecule has 0 fully saturated rings. The summed E-state index contributed by atoms with van der Waals surface area (Å²) in [4.78, 5) is 5.65. The van der Waals surface area contributed by atoms with Gasteiger partial charge in [0.25, 0.3) is 0 Å². The number of rotatable bonds is 5. The van der Waals surface area contributed by atoms with Gasteiger partial charge in [0.15, 0.2) is 0 Å². The molecule has 2 aromatic heterocycles. The van der Waals surface area contributed by atoms with Crippen LogP contribution < -0.4 is 0 Å². The summed E-state index contributed by atoms with van der Waals surface area (Å²) >= 11 is 10.7. The van der Waals surface area contributed by atoms with Gasteiger partial charge in [-0.3, -0.25) is 9.97 Å². The van der Waals surface area contributed by atoms with Gasteiger partial charge in [-0.1, -0.05) is 23.2 Å². The first-order valence-corrected chi connectivity index (χ1v) is 7.26. The molecule has 0 radical (unpaired) electrons. The highest BCUT2D eigenvalue weighted by atomic mass is 35.5. The van der Waals surface area contributed by atoms with E-state index in [-0.39, 0.29) is 22.2 Å². The second-order valence-corrected chi connectivity index (χ2v) is 5.89. The third-order valence-electron chi connectivity index (χ3n) is 3.28. The van der Waals surface area contributed by atoms with E-state index in [0.29, 0.717) is 24.5 Å². The van der Waals surface area contributed by atoms with Gasteiger partial charge in [-0.15, -0.1) is 0 Å². The molecular formula is C14H6Cl2F8N2. The molecule has 0 aliphatic heterocycles. The topological polar surface area (TPSA) is 25.8 Å². The van der Waals surface area contributed by atoms with Crippen LogP contribution in [0.15, 0.2) is 36.7 Å². The molecule has 2 rings (SSSR count). The molecule has 142 valence electrons. The number of aromatic nitrogens is 2. The molecule has 2 aromatic rings. The van der Waals surface area contributed by atoms with E-state index in [9.17, 15) is 35.1 Å². The molecule has 0 aliphatic carbocycles. The van der Waals surface area contributed by atoms with E-state index in [1.807, 2.05) is 0 Å². The Bertz CT molecular complexity index is 711. The Morgan fingerprint density at radius 2 is 0.885 bits per heavy atom. The van der Waals surface area contributed by atoms with E-state index < -0.39 is 35.1 Å². The Morgan fingerprint density at radius 3 is 1.12 bits per heavy atom. The van der Waals surface area contributed by atoms with Crippen molar-refractivity contribution in [3.63, 3.8) is 0 Å². The molecule has 0 bridgehead atoms. The fraction of sp³-hybridized carbons (Fsp3) is 0.286. The predicted molar refractivity (Wildman–Crippen MR) is 76.2 cm³/mol. The number of hydrogen-bond donors (Lipinski definition) is 0. The zero-order chi connectivity index (χ0) is 20.0. The van der Waals surface area contributed by atoms with Crippen molar-refractivity contribution in [2.24, 2.45) is 0 Å². The normalized spacial score (nSPS) is 13.8. The maximum absolute atomic E-state index is 14.0. The Morgan fingerprint density at radius 1 is 0.577 bits per heavy atom.